The van der Waals surface area contributed by atoms with Gasteiger partial charge in [-0.15, -0.1) is 0 Å². The fourth-order valence-electron chi connectivity index (χ4n) is 2.25. The number of benzene rings is 1. The smallest absolute Gasteiger partial charge is 0.222 e. The first-order valence-electron chi connectivity index (χ1n) is 7.25. The molecule has 0 heterocycles. The Balaban J connectivity index is 2.56. The Morgan fingerprint density at radius 1 is 1.21 bits per heavy atom. The van der Waals surface area contributed by atoms with E-state index in [1.54, 1.807) is 0 Å². The summed E-state index contributed by atoms with van der Waals surface area (Å²) in [4.78, 5) is 12.0. The molecule has 1 aromatic carbocycles. The number of rotatable bonds is 8. The highest BCUT2D eigenvalue weighted by atomic mass is 16.1. The molecule has 2 atom stereocenters. The van der Waals surface area contributed by atoms with Gasteiger partial charge in [0.05, 0.1) is 6.04 Å². The molecule has 106 valence electrons. The third kappa shape index (κ3) is 5.88. The van der Waals surface area contributed by atoms with E-state index < -0.39 is 0 Å². The van der Waals surface area contributed by atoms with Crippen LogP contribution in [0.3, 0.4) is 0 Å². The number of amides is 1. The van der Waals surface area contributed by atoms with Gasteiger partial charge in [-0.25, -0.2) is 0 Å². The van der Waals surface area contributed by atoms with Gasteiger partial charge in [0.15, 0.2) is 0 Å². The first kappa shape index (κ1) is 15.7. The minimum absolute atomic E-state index is 0.121. The third-order valence-electron chi connectivity index (χ3n) is 3.16. The van der Waals surface area contributed by atoms with E-state index >= 15 is 0 Å². The van der Waals surface area contributed by atoms with Crippen molar-refractivity contribution in [2.75, 3.05) is 6.54 Å². The van der Waals surface area contributed by atoms with Crippen LogP contribution in [-0.2, 0) is 4.79 Å². The topological polar surface area (TPSA) is 41.1 Å². The molecule has 0 saturated carbocycles. The Labute approximate surface area is 116 Å². The lowest BCUT2D eigenvalue weighted by Gasteiger charge is -2.20. The quantitative estimate of drug-likeness (QED) is 0.756. The summed E-state index contributed by atoms with van der Waals surface area (Å²) in [6, 6.07) is 10.6. The zero-order valence-corrected chi connectivity index (χ0v) is 12.3. The number of carbonyl (C=O) groups excluding carboxylic acids is 1. The summed E-state index contributed by atoms with van der Waals surface area (Å²) in [5, 5.41) is 6.41. The van der Waals surface area contributed by atoms with Gasteiger partial charge in [-0.05, 0) is 25.5 Å². The van der Waals surface area contributed by atoms with Gasteiger partial charge in [-0.2, -0.15) is 0 Å². The van der Waals surface area contributed by atoms with Gasteiger partial charge in [0.2, 0.25) is 5.91 Å². The Morgan fingerprint density at radius 3 is 2.47 bits per heavy atom. The number of hydrogen-bond donors (Lipinski definition) is 2. The summed E-state index contributed by atoms with van der Waals surface area (Å²) in [6.07, 6.45) is 2.56. The van der Waals surface area contributed by atoms with Crippen molar-refractivity contribution in [1.29, 1.82) is 0 Å². The number of hydrogen-bond acceptors (Lipinski definition) is 2. The summed E-state index contributed by atoms with van der Waals surface area (Å²) in [6.45, 7) is 7.13. The molecule has 0 aliphatic rings. The largest absolute Gasteiger partial charge is 0.349 e. The lowest BCUT2D eigenvalue weighted by molar-refractivity contribution is -0.122. The van der Waals surface area contributed by atoms with E-state index in [1.807, 2.05) is 25.1 Å². The van der Waals surface area contributed by atoms with E-state index in [1.165, 1.54) is 5.56 Å². The SMILES string of the molecule is CCCC(NC(=O)CC(C)NCC)c1ccccc1. The van der Waals surface area contributed by atoms with E-state index in [2.05, 4.69) is 36.6 Å². The van der Waals surface area contributed by atoms with Crippen LogP contribution in [0.25, 0.3) is 0 Å². The Bertz CT molecular complexity index is 364. The molecule has 0 fully saturated rings. The fourth-order valence-corrected chi connectivity index (χ4v) is 2.25. The third-order valence-corrected chi connectivity index (χ3v) is 3.16. The van der Waals surface area contributed by atoms with Gasteiger partial charge in [0.1, 0.15) is 0 Å². The molecule has 0 aliphatic heterocycles. The maximum absolute atomic E-state index is 12.0. The van der Waals surface area contributed by atoms with Crippen molar-refractivity contribution in [1.82, 2.24) is 10.6 Å². The van der Waals surface area contributed by atoms with Crippen molar-refractivity contribution in [3.63, 3.8) is 0 Å². The van der Waals surface area contributed by atoms with Gasteiger partial charge >= 0.3 is 0 Å². The second-order valence-electron chi connectivity index (χ2n) is 4.98. The van der Waals surface area contributed by atoms with Crippen LogP contribution in [-0.4, -0.2) is 18.5 Å². The van der Waals surface area contributed by atoms with Gasteiger partial charge in [-0.3, -0.25) is 4.79 Å². The van der Waals surface area contributed by atoms with Crippen LogP contribution in [0.1, 0.15) is 51.6 Å². The van der Waals surface area contributed by atoms with Gasteiger partial charge in [0.25, 0.3) is 0 Å². The van der Waals surface area contributed by atoms with E-state index in [0.717, 1.165) is 19.4 Å². The fraction of sp³-hybridized carbons (Fsp3) is 0.562. The molecule has 19 heavy (non-hydrogen) atoms. The lowest BCUT2D eigenvalue weighted by atomic mass is 10.0. The molecular weight excluding hydrogens is 236 g/mol. The highest BCUT2D eigenvalue weighted by Gasteiger charge is 2.15. The Hall–Kier alpha value is -1.35. The molecule has 0 bridgehead atoms. The molecule has 2 unspecified atom stereocenters. The second kappa shape index (κ2) is 8.70. The van der Waals surface area contributed by atoms with Crippen LogP contribution < -0.4 is 10.6 Å². The van der Waals surface area contributed by atoms with Crippen molar-refractivity contribution >= 4 is 5.91 Å². The van der Waals surface area contributed by atoms with E-state index in [4.69, 9.17) is 0 Å². The monoisotopic (exact) mass is 262 g/mol. The first-order valence-corrected chi connectivity index (χ1v) is 7.25. The summed E-state index contributed by atoms with van der Waals surface area (Å²) in [5.74, 6) is 0.121. The molecule has 0 radical (unpaired) electrons. The molecule has 0 aromatic heterocycles. The van der Waals surface area contributed by atoms with Crippen LogP contribution in [0, 0.1) is 0 Å². The summed E-state index contributed by atoms with van der Waals surface area (Å²) >= 11 is 0. The molecule has 1 aromatic rings. The molecule has 2 N–H and O–H groups in total. The predicted molar refractivity (Wildman–Crippen MR) is 80.0 cm³/mol. The number of carbonyl (C=O) groups is 1. The van der Waals surface area contributed by atoms with Crippen LogP contribution in [0.2, 0.25) is 0 Å². The van der Waals surface area contributed by atoms with E-state index in [-0.39, 0.29) is 18.0 Å². The molecule has 0 aliphatic carbocycles. The molecular formula is C16H26N2O. The van der Waals surface area contributed by atoms with Crippen LogP contribution in [0.15, 0.2) is 30.3 Å². The zero-order valence-electron chi connectivity index (χ0n) is 12.3. The van der Waals surface area contributed by atoms with Crippen molar-refractivity contribution in [3.8, 4) is 0 Å². The summed E-state index contributed by atoms with van der Waals surface area (Å²) in [5.41, 5.74) is 1.19. The van der Waals surface area contributed by atoms with Gasteiger partial charge in [0, 0.05) is 12.5 Å². The lowest BCUT2D eigenvalue weighted by Crippen LogP contribution is -2.35. The second-order valence-corrected chi connectivity index (χ2v) is 4.98. The molecule has 0 spiro atoms. The van der Waals surface area contributed by atoms with Crippen molar-refractivity contribution in [2.24, 2.45) is 0 Å². The van der Waals surface area contributed by atoms with Crippen LogP contribution >= 0.6 is 0 Å². The summed E-state index contributed by atoms with van der Waals surface area (Å²) in [7, 11) is 0. The van der Waals surface area contributed by atoms with Crippen molar-refractivity contribution < 1.29 is 4.79 Å². The minimum atomic E-state index is 0.121. The average Bonchev–Trinajstić information content (AvgIpc) is 2.39. The molecule has 3 nitrogen and oxygen atoms in total. The standard InChI is InChI=1S/C16H26N2O/c1-4-9-15(14-10-7-6-8-11-14)18-16(19)12-13(3)17-5-2/h6-8,10-11,13,15,17H,4-5,9,12H2,1-3H3,(H,18,19). The molecule has 0 saturated heterocycles. The van der Waals surface area contributed by atoms with Gasteiger partial charge in [-0.1, -0.05) is 50.6 Å². The first-order chi connectivity index (χ1) is 9.17. The Kier molecular flexibility index (Phi) is 7.19. The van der Waals surface area contributed by atoms with Crippen molar-refractivity contribution in [2.45, 2.75) is 52.1 Å². The Morgan fingerprint density at radius 2 is 1.89 bits per heavy atom. The highest BCUT2D eigenvalue weighted by molar-refractivity contribution is 5.77. The van der Waals surface area contributed by atoms with Crippen LogP contribution in [0.4, 0.5) is 0 Å². The minimum Gasteiger partial charge on any atom is -0.349 e. The molecule has 1 rings (SSSR count). The average molecular weight is 262 g/mol. The van der Waals surface area contributed by atoms with E-state index in [9.17, 15) is 4.79 Å². The zero-order chi connectivity index (χ0) is 14.1. The van der Waals surface area contributed by atoms with E-state index in [0.29, 0.717) is 6.42 Å². The maximum atomic E-state index is 12.0. The van der Waals surface area contributed by atoms with Crippen molar-refractivity contribution in [3.05, 3.63) is 35.9 Å². The predicted octanol–water partition coefficient (Wildman–Crippen LogP) is 3.03. The number of nitrogens with one attached hydrogen (secondary N) is 2. The molecule has 1 amide bonds. The van der Waals surface area contributed by atoms with Gasteiger partial charge < -0.3 is 10.6 Å². The molecule has 3 heteroatoms. The summed E-state index contributed by atoms with van der Waals surface area (Å²) < 4.78 is 0. The normalized spacial score (nSPS) is 13.8. The van der Waals surface area contributed by atoms with Crippen LogP contribution in [0.5, 0.6) is 0 Å². The highest BCUT2D eigenvalue weighted by Crippen LogP contribution is 2.18. The maximum Gasteiger partial charge on any atom is 0.222 e.